The summed E-state index contributed by atoms with van der Waals surface area (Å²) in [6.45, 7) is 9.69. The first-order chi connectivity index (χ1) is 10.6. The van der Waals surface area contributed by atoms with Gasteiger partial charge in [0.1, 0.15) is 0 Å². The first-order valence-corrected chi connectivity index (χ1v) is 9.27. The van der Waals surface area contributed by atoms with Gasteiger partial charge in [-0.05, 0) is 56.6 Å². The molecule has 0 amide bonds. The summed E-state index contributed by atoms with van der Waals surface area (Å²) in [7, 11) is 0. The van der Waals surface area contributed by atoms with Crippen molar-refractivity contribution in [3.8, 4) is 0 Å². The van der Waals surface area contributed by atoms with Crippen molar-refractivity contribution in [2.45, 2.75) is 71.8 Å². The Bertz CT molecular complexity index is 558. The molecule has 1 saturated heterocycles. The van der Waals surface area contributed by atoms with Crippen LogP contribution >= 0.6 is 0 Å². The van der Waals surface area contributed by atoms with Crippen LogP contribution in [-0.2, 0) is 0 Å². The van der Waals surface area contributed by atoms with E-state index in [1.165, 1.54) is 58.0 Å². The first-order valence-electron chi connectivity index (χ1n) is 9.27. The van der Waals surface area contributed by atoms with Gasteiger partial charge in [-0.25, -0.2) is 0 Å². The number of piperidine rings is 1. The van der Waals surface area contributed by atoms with Gasteiger partial charge in [0.05, 0.1) is 11.7 Å². The van der Waals surface area contributed by atoms with Gasteiger partial charge in [0.15, 0.2) is 0 Å². The topological polar surface area (TPSA) is 6.48 Å². The molecule has 0 aromatic carbocycles. The molecule has 1 saturated carbocycles. The van der Waals surface area contributed by atoms with E-state index in [0.717, 1.165) is 0 Å². The van der Waals surface area contributed by atoms with Crippen LogP contribution in [0.3, 0.4) is 0 Å². The summed E-state index contributed by atoms with van der Waals surface area (Å²) in [4.78, 5) is 5.33. The van der Waals surface area contributed by atoms with E-state index in [4.69, 9.17) is 0 Å². The van der Waals surface area contributed by atoms with Crippen LogP contribution in [0.25, 0.3) is 0 Å². The Labute approximate surface area is 135 Å². The van der Waals surface area contributed by atoms with Gasteiger partial charge in [-0.15, -0.1) is 0 Å². The standard InChI is InChI=1S/C20H30N2/c1-15-16-9-5-6-10-17(16)22-14-11-20(2,3)19(18(15)22)21-12-7-4-8-13-21/h11,14,17H,4-10,12-13H2,1-3H3. The average molecular weight is 298 g/mol. The van der Waals surface area contributed by atoms with Crippen molar-refractivity contribution < 1.29 is 0 Å². The van der Waals surface area contributed by atoms with Crippen molar-refractivity contribution in [3.05, 3.63) is 34.8 Å². The lowest BCUT2D eigenvalue weighted by Crippen LogP contribution is -2.41. The second-order valence-corrected chi connectivity index (χ2v) is 8.10. The van der Waals surface area contributed by atoms with Crippen LogP contribution in [0.15, 0.2) is 34.8 Å². The molecule has 1 aliphatic carbocycles. The molecule has 0 spiro atoms. The van der Waals surface area contributed by atoms with Crippen LogP contribution in [0.1, 0.15) is 65.7 Å². The minimum atomic E-state index is 0.165. The Morgan fingerprint density at radius 2 is 1.82 bits per heavy atom. The molecule has 0 aromatic rings. The Balaban J connectivity index is 1.83. The lowest BCUT2D eigenvalue weighted by molar-refractivity contribution is 0.217. The maximum absolute atomic E-state index is 2.71. The molecule has 0 bridgehead atoms. The van der Waals surface area contributed by atoms with Crippen LogP contribution in [0.5, 0.6) is 0 Å². The molecule has 0 radical (unpaired) electrons. The van der Waals surface area contributed by atoms with Gasteiger partial charge in [-0.3, -0.25) is 0 Å². The Hall–Kier alpha value is -1.18. The van der Waals surface area contributed by atoms with Gasteiger partial charge in [0.2, 0.25) is 0 Å². The largest absolute Gasteiger partial charge is 0.372 e. The van der Waals surface area contributed by atoms with Crippen LogP contribution in [0.4, 0.5) is 0 Å². The highest BCUT2D eigenvalue weighted by Crippen LogP contribution is 2.49. The van der Waals surface area contributed by atoms with E-state index in [-0.39, 0.29) is 5.41 Å². The lowest BCUT2D eigenvalue weighted by atomic mass is 9.83. The second kappa shape index (κ2) is 5.18. The molecule has 3 heterocycles. The highest BCUT2D eigenvalue weighted by atomic mass is 15.2. The Morgan fingerprint density at radius 3 is 2.59 bits per heavy atom. The third-order valence-electron chi connectivity index (χ3n) is 6.17. The van der Waals surface area contributed by atoms with E-state index in [1.54, 1.807) is 22.5 Å². The summed E-state index contributed by atoms with van der Waals surface area (Å²) in [6.07, 6.45) is 14.4. The molecule has 4 rings (SSSR count). The number of hydrogen-bond donors (Lipinski definition) is 0. The zero-order valence-electron chi connectivity index (χ0n) is 14.5. The van der Waals surface area contributed by atoms with Crippen molar-refractivity contribution in [2.24, 2.45) is 5.41 Å². The lowest BCUT2D eigenvalue weighted by Gasteiger charge is -2.44. The number of fused-ring (bicyclic) bond motifs is 3. The summed E-state index contributed by atoms with van der Waals surface area (Å²) < 4.78 is 0. The van der Waals surface area contributed by atoms with E-state index in [2.05, 4.69) is 42.8 Å². The van der Waals surface area contributed by atoms with E-state index >= 15 is 0 Å². The average Bonchev–Trinajstić information content (AvgIpc) is 2.81. The molecular formula is C20H30N2. The molecule has 120 valence electrons. The number of likely N-dealkylation sites (tertiary alicyclic amines) is 1. The summed E-state index contributed by atoms with van der Waals surface area (Å²) in [6, 6.07) is 0.663. The maximum atomic E-state index is 2.71. The molecule has 1 unspecified atom stereocenters. The fourth-order valence-corrected chi connectivity index (χ4v) is 5.04. The summed E-state index contributed by atoms with van der Waals surface area (Å²) in [5, 5.41) is 0. The van der Waals surface area contributed by atoms with Gasteiger partial charge in [-0.2, -0.15) is 0 Å². The van der Waals surface area contributed by atoms with Gasteiger partial charge in [0, 0.05) is 30.4 Å². The first kappa shape index (κ1) is 14.4. The summed E-state index contributed by atoms with van der Waals surface area (Å²) in [5.41, 5.74) is 6.67. The predicted molar refractivity (Wildman–Crippen MR) is 92.2 cm³/mol. The van der Waals surface area contributed by atoms with Crippen molar-refractivity contribution in [1.82, 2.24) is 9.80 Å². The molecule has 22 heavy (non-hydrogen) atoms. The second-order valence-electron chi connectivity index (χ2n) is 8.10. The maximum Gasteiger partial charge on any atom is 0.0645 e. The Morgan fingerprint density at radius 1 is 1.05 bits per heavy atom. The molecular weight excluding hydrogens is 268 g/mol. The minimum absolute atomic E-state index is 0.165. The third kappa shape index (κ3) is 2.06. The highest BCUT2D eigenvalue weighted by molar-refractivity contribution is 5.50. The van der Waals surface area contributed by atoms with Gasteiger partial charge in [0.25, 0.3) is 0 Å². The van der Waals surface area contributed by atoms with Crippen molar-refractivity contribution in [1.29, 1.82) is 0 Å². The SMILES string of the molecule is CC1=C2CCCCC2N2C=CC(C)(C)C(N3CCCCC3)=C12. The number of hydrogen-bond acceptors (Lipinski definition) is 2. The van der Waals surface area contributed by atoms with Crippen LogP contribution < -0.4 is 0 Å². The van der Waals surface area contributed by atoms with E-state index in [1.807, 2.05) is 0 Å². The van der Waals surface area contributed by atoms with E-state index < -0.39 is 0 Å². The molecule has 0 aromatic heterocycles. The number of allylic oxidation sites excluding steroid dienone is 2. The fraction of sp³-hybridized carbons (Fsp3) is 0.700. The van der Waals surface area contributed by atoms with Gasteiger partial charge < -0.3 is 9.80 Å². The summed E-state index contributed by atoms with van der Waals surface area (Å²) >= 11 is 0. The summed E-state index contributed by atoms with van der Waals surface area (Å²) in [5.74, 6) is 0. The van der Waals surface area contributed by atoms with Crippen molar-refractivity contribution >= 4 is 0 Å². The number of rotatable bonds is 1. The molecule has 0 N–H and O–H groups in total. The van der Waals surface area contributed by atoms with Crippen molar-refractivity contribution in [3.63, 3.8) is 0 Å². The Kier molecular flexibility index (Phi) is 3.39. The molecule has 2 heteroatoms. The van der Waals surface area contributed by atoms with Crippen LogP contribution in [0, 0.1) is 5.41 Å². The zero-order chi connectivity index (χ0) is 15.3. The zero-order valence-corrected chi connectivity index (χ0v) is 14.5. The number of nitrogens with zero attached hydrogens (tertiary/aromatic N) is 2. The van der Waals surface area contributed by atoms with Crippen LogP contribution in [0.2, 0.25) is 0 Å². The fourth-order valence-electron chi connectivity index (χ4n) is 5.04. The molecule has 1 atom stereocenters. The monoisotopic (exact) mass is 298 g/mol. The van der Waals surface area contributed by atoms with E-state index in [0.29, 0.717) is 6.04 Å². The molecule has 4 aliphatic rings. The molecule has 2 fully saturated rings. The van der Waals surface area contributed by atoms with Crippen molar-refractivity contribution in [2.75, 3.05) is 13.1 Å². The minimum Gasteiger partial charge on any atom is -0.372 e. The van der Waals surface area contributed by atoms with Gasteiger partial charge >= 0.3 is 0 Å². The molecule has 2 nitrogen and oxygen atoms in total. The third-order valence-corrected chi connectivity index (χ3v) is 6.17. The molecule has 3 aliphatic heterocycles. The smallest absolute Gasteiger partial charge is 0.0645 e. The van der Waals surface area contributed by atoms with Gasteiger partial charge in [-0.1, -0.05) is 26.3 Å². The van der Waals surface area contributed by atoms with E-state index in [9.17, 15) is 0 Å². The highest BCUT2D eigenvalue weighted by Gasteiger charge is 2.42. The quantitative estimate of drug-likeness (QED) is 0.685. The normalized spacial score (nSPS) is 30.8. The predicted octanol–water partition coefficient (Wildman–Crippen LogP) is 4.81. The van der Waals surface area contributed by atoms with Crippen LogP contribution in [-0.4, -0.2) is 28.9 Å².